The highest BCUT2D eigenvalue weighted by molar-refractivity contribution is 5.71. The molecular formula is C21H34O5. The minimum Gasteiger partial charge on any atom is -0.466 e. The predicted molar refractivity (Wildman–Crippen MR) is 98.3 cm³/mol. The normalized spacial score (nSPS) is 38.8. The van der Waals surface area contributed by atoms with Gasteiger partial charge in [0.1, 0.15) is 12.4 Å². The van der Waals surface area contributed by atoms with Crippen LogP contribution in [0.25, 0.3) is 0 Å². The fourth-order valence-electron chi connectivity index (χ4n) is 5.97. The van der Waals surface area contributed by atoms with Gasteiger partial charge in [-0.15, -0.1) is 0 Å². The van der Waals surface area contributed by atoms with Crippen LogP contribution in [0.15, 0.2) is 0 Å². The monoisotopic (exact) mass is 366 g/mol. The number of carbonyl (C=O) groups is 3. The van der Waals surface area contributed by atoms with E-state index in [1.54, 1.807) is 6.92 Å². The first-order valence-electron chi connectivity index (χ1n) is 9.80. The molecule has 2 aliphatic carbocycles. The number of ether oxygens (including phenoxy) is 2. The highest BCUT2D eigenvalue weighted by Gasteiger charge is 2.61. The van der Waals surface area contributed by atoms with E-state index in [2.05, 4.69) is 20.8 Å². The van der Waals surface area contributed by atoms with Crippen molar-refractivity contribution in [1.82, 2.24) is 0 Å². The molecule has 5 heteroatoms. The van der Waals surface area contributed by atoms with Crippen molar-refractivity contribution in [1.29, 1.82) is 0 Å². The van der Waals surface area contributed by atoms with Crippen molar-refractivity contribution in [3.8, 4) is 0 Å². The Labute approximate surface area is 157 Å². The van der Waals surface area contributed by atoms with Crippen molar-refractivity contribution in [3.05, 3.63) is 0 Å². The van der Waals surface area contributed by atoms with Crippen LogP contribution in [-0.4, -0.2) is 30.9 Å². The molecule has 148 valence electrons. The third kappa shape index (κ3) is 3.54. The Kier molecular flexibility index (Phi) is 5.89. The van der Waals surface area contributed by atoms with Gasteiger partial charge in [0.25, 0.3) is 0 Å². The molecule has 0 aromatic heterocycles. The van der Waals surface area contributed by atoms with Gasteiger partial charge in [0, 0.05) is 24.2 Å². The highest BCUT2D eigenvalue weighted by Crippen LogP contribution is 2.65. The number of carbonyl (C=O) groups excluding carboxylic acids is 3. The van der Waals surface area contributed by atoms with Crippen molar-refractivity contribution in [2.75, 3.05) is 6.61 Å². The first-order chi connectivity index (χ1) is 12.0. The summed E-state index contributed by atoms with van der Waals surface area (Å²) in [6.07, 6.45) is 4.43. The van der Waals surface area contributed by atoms with E-state index in [1.165, 1.54) is 6.92 Å². The molecule has 0 aliphatic heterocycles. The molecule has 0 saturated heterocycles. The molecule has 0 spiro atoms. The van der Waals surface area contributed by atoms with Gasteiger partial charge in [-0.3, -0.25) is 9.59 Å². The van der Waals surface area contributed by atoms with E-state index in [0.717, 1.165) is 32.0 Å². The van der Waals surface area contributed by atoms with Crippen LogP contribution in [0.5, 0.6) is 0 Å². The van der Waals surface area contributed by atoms with E-state index >= 15 is 0 Å². The van der Waals surface area contributed by atoms with E-state index in [4.69, 9.17) is 9.47 Å². The van der Waals surface area contributed by atoms with Gasteiger partial charge in [0.05, 0.1) is 6.61 Å². The number of rotatable bonds is 5. The fraction of sp³-hybridized carbons (Fsp3) is 0.857. The van der Waals surface area contributed by atoms with Gasteiger partial charge in [-0.1, -0.05) is 27.7 Å². The van der Waals surface area contributed by atoms with Crippen LogP contribution in [0.4, 0.5) is 0 Å². The maximum Gasteiger partial charge on any atom is 0.306 e. The van der Waals surface area contributed by atoms with Gasteiger partial charge in [0.15, 0.2) is 0 Å². The zero-order valence-electron chi connectivity index (χ0n) is 17.1. The molecule has 0 N–H and O–H groups in total. The second-order valence-corrected chi connectivity index (χ2v) is 9.24. The summed E-state index contributed by atoms with van der Waals surface area (Å²) in [5.74, 6) is -0.265. The summed E-state index contributed by atoms with van der Waals surface area (Å²) < 4.78 is 10.8. The van der Waals surface area contributed by atoms with Gasteiger partial charge in [-0.25, -0.2) is 0 Å². The topological polar surface area (TPSA) is 69.7 Å². The number of fused-ring (bicyclic) bond motifs is 1. The van der Waals surface area contributed by atoms with Crippen LogP contribution < -0.4 is 0 Å². The second kappa shape index (κ2) is 7.32. The SMILES string of the molecule is CCOC(=O)C[C@H]1[C@@]2(C)CC[C@H](OC(C)=O)C(C)(C)[C@@H]2CC[C@]1(C)C=O. The van der Waals surface area contributed by atoms with E-state index in [1.807, 2.05) is 6.92 Å². The first-order valence-corrected chi connectivity index (χ1v) is 9.80. The summed E-state index contributed by atoms with van der Waals surface area (Å²) in [5.41, 5.74) is -0.890. The molecule has 0 aromatic carbocycles. The summed E-state index contributed by atoms with van der Waals surface area (Å²) in [7, 11) is 0. The van der Waals surface area contributed by atoms with Crippen LogP contribution in [0.1, 0.15) is 73.6 Å². The minimum absolute atomic E-state index is 0.0668. The minimum atomic E-state index is -0.525. The predicted octanol–water partition coefficient (Wildman–Crippen LogP) is 3.93. The summed E-state index contributed by atoms with van der Waals surface area (Å²) in [6, 6.07) is 0. The quantitative estimate of drug-likeness (QED) is 0.545. The standard InChI is InChI=1S/C21H34O5/c1-7-25-18(24)12-16-20(5,13-22)10-8-15-19(3,4)17(26-14(2)23)9-11-21(15,16)6/h13,15-17H,7-12H2,1-6H3/t15-,16+,17-,20+,21-/m0/s1. The maximum atomic E-state index is 12.3. The molecule has 2 aliphatic rings. The van der Waals surface area contributed by atoms with Crippen LogP contribution in [0.3, 0.4) is 0 Å². The van der Waals surface area contributed by atoms with E-state index in [-0.39, 0.29) is 47.1 Å². The second-order valence-electron chi connectivity index (χ2n) is 9.24. The molecule has 0 aromatic rings. The molecule has 26 heavy (non-hydrogen) atoms. The summed E-state index contributed by atoms with van der Waals surface area (Å²) in [6.45, 7) is 12.1. The van der Waals surface area contributed by atoms with Gasteiger partial charge in [-0.05, 0) is 49.9 Å². The van der Waals surface area contributed by atoms with Crippen LogP contribution in [0.2, 0.25) is 0 Å². The number of esters is 2. The van der Waals surface area contributed by atoms with Crippen molar-refractivity contribution < 1.29 is 23.9 Å². The Morgan fingerprint density at radius 1 is 1.12 bits per heavy atom. The Bertz CT molecular complexity index is 569. The largest absolute Gasteiger partial charge is 0.466 e. The van der Waals surface area contributed by atoms with Gasteiger partial charge in [-0.2, -0.15) is 0 Å². The van der Waals surface area contributed by atoms with Crippen molar-refractivity contribution in [2.24, 2.45) is 28.1 Å². The Morgan fingerprint density at radius 2 is 1.77 bits per heavy atom. The van der Waals surface area contributed by atoms with Crippen LogP contribution >= 0.6 is 0 Å². The van der Waals surface area contributed by atoms with E-state index in [0.29, 0.717) is 6.61 Å². The molecule has 0 bridgehead atoms. The molecule has 5 atom stereocenters. The van der Waals surface area contributed by atoms with Gasteiger partial charge < -0.3 is 14.3 Å². The summed E-state index contributed by atoms with van der Waals surface area (Å²) in [5, 5.41) is 0. The average Bonchev–Trinajstić information content (AvgIpc) is 2.54. The van der Waals surface area contributed by atoms with E-state index in [9.17, 15) is 14.4 Å². The lowest BCUT2D eigenvalue weighted by Gasteiger charge is -2.62. The maximum absolute atomic E-state index is 12.3. The number of aldehydes is 1. The smallest absolute Gasteiger partial charge is 0.306 e. The summed E-state index contributed by atoms with van der Waals surface area (Å²) >= 11 is 0. The molecule has 2 fully saturated rings. The van der Waals surface area contributed by atoms with Crippen LogP contribution in [-0.2, 0) is 23.9 Å². The zero-order chi connectivity index (χ0) is 19.8. The van der Waals surface area contributed by atoms with Crippen molar-refractivity contribution in [3.63, 3.8) is 0 Å². The third-order valence-corrected chi connectivity index (χ3v) is 7.29. The van der Waals surface area contributed by atoms with Gasteiger partial charge in [0.2, 0.25) is 0 Å². The Hall–Kier alpha value is -1.39. The molecule has 2 rings (SSSR count). The highest BCUT2D eigenvalue weighted by atomic mass is 16.5. The lowest BCUT2D eigenvalue weighted by atomic mass is 9.42. The molecule has 0 heterocycles. The third-order valence-electron chi connectivity index (χ3n) is 7.29. The molecule has 0 unspecified atom stereocenters. The van der Waals surface area contributed by atoms with Gasteiger partial charge >= 0.3 is 11.9 Å². The number of hydrogen-bond donors (Lipinski definition) is 0. The first kappa shape index (κ1) is 20.9. The Balaban J connectivity index is 2.38. The van der Waals surface area contributed by atoms with Crippen molar-refractivity contribution in [2.45, 2.75) is 79.8 Å². The lowest BCUT2D eigenvalue weighted by Crippen LogP contribution is -2.59. The fourth-order valence-corrected chi connectivity index (χ4v) is 5.97. The Morgan fingerprint density at radius 3 is 2.31 bits per heavy atom. The molecule has 0 amide bonds. The van der Waals surface area contributed by atoms with E-state index < -0.39 is 5.41 Å². The average molecular weight is 366 g/mol. The van der Waals surface area contributed by atoms with Crippen LogP contribution in [0, 0.1) is 28.1 Å². The molecule has 0 radical (unpaired) electrons. The molecule has 5 nitrogen and oxygen atoms in total. The number of hydrogen-bond acceptors (Lipinski definition) is 5. The molecular weight excluding hydrogens is 332 g/mol. The van der Waals surface area contributed by atoms with Crippen molar-refractivity contribution >= 4 is 18.2 Å². The molecule has 2 saturated carbocycles. The zero-order valence-corrected chi connectivity index (χ0v) is 17.1. The lowest BCUT2D eigenvalue weighted by molar-refractivity contribution is -0.193. The summed E-state index contributed by atoms with van der Waals surface area (Å²) in [4.78, 5) is 35.8.